The predicted octanol–water partition coefficient (Wildman–Crippen LogP) is 2.46. The lowest BCUT2D eigenvalue weighted by Gasteiger charge is -2.37. The molecule has 1 N–H and O–H groups in total. The fraction of sp³-hybridized carbons (Fsp3) is 0.300. The standard InChI is InChI=1S/C20H20ClFN4O3/c1-2-16(18(27)24-17-8-5-14(21)11-23-17)26-10-9-25(19(28)20(26)29)12-13-3-6-15(22)7-4-13/h3-8,11,16H,2,9-10,12H2,1H3,(H,23,24,27)/t16-/m1/s1. The maximum absolute atomic E-state index is 13.0. The largest absolute Gasteiger partial charge is 0.328 e. The van der Waals surface area contributed by atoms with Crippen molar-refractivity contribution in [3.63, 3.8) is 0 Å². The van der Waals surface area contributed by atoms with Crippen LogP contribution in [0.1, 0.15) is 18.9 Å². The van der Waals surface area contributed by atoms with Crippen molar-refractivity contribution in [3.8, 4) is 0 Å². The second kappa shape index (κ2) is 9.00. The number of halogens is 2. The van der Waals surface area contributed by atoms with Gasteiger partial charge in [-0.05, 0) is 36.2 Å². The van der Waals surface area contributed by atoms with Crippen molar-refractivity contribution in [1.82, 2.24) is 14.8 Å². The number of carbonyl (C=O) groups is 3. The molecular weight excluding hydrogens is 399 g/mol. The van der Waals surface area contributed by atoms with Crippen LogP contribution in [0.25, 0.3) is 0 Å². The molecule has 7 nitrogen and oxygen atoms in total. The Morgan fingerprint density at radius 1 is 1.17 bits per heavy atom. The highest BCUT2D eigenvalue weighted by atomic mass is 35.5. The van der Waals surface area contributed by atoms with E-state index in [2.05, 4.69) is 10.3 Å². The van der Waals surface area contributed by atoms with Gasteiger partial charge in [0.25, 0.3) is 0 Å². The van der Waals surface area contributed by atoms with E-state index in [-0.39, 0.29) is 25.5 Å². The van der Waals surface area contributed by atoms with E-state index in [1.807, 2.05) is 0 Å². The molecule has 0 saturated carbocycles. The summed E-state index contributed by atoms with van der Waals surface area (Å²) in [7, 11) is 0. The first kappa shape index (κ1) is 20.7. The Bertz CT molecular complexity index is 905. The van der Waals surface area contributed by atoms with E-state index in [4.69, 9.17) is 11.6 Å². The zero-order valence-electron chi connectivity index (χ0n) is 15.8. The molecule has 1 atom stereocenters. The zero-order chi connectivity index (χ0) is 21.0. The molecule has 1 aromatic carbocycles. The predicted molar refractivity (Wildman–Crippen MR) is 105 cm³/mol. The summed E-state index contributed by atoms with van der Waals surface area (Å²) in [5.41, 5.74) is 0.722. The molecule has 0 aliphatic carbocycles. The van der Waals surface area contributed by atoms with Gasteiger partial charge >= 0.3 is 11.8 Å². The Balaban J connectivity index is 1.66. The number of anilines is 1. The number of rotatable bonds is 6. The van der Waals surface area contributed by atoms with Gasteiger partial charge in [0, 0.05) is 25.8 Å². The number of hydrogen-bond acceptors (Lipinski definition) is 4. The minimum Gasteiger partial charge on any atom is -0.328 e. The Labute approximate surface area is 172 Å². The summed E-state index contributed by atoms with van der Waals surface area (Å²) in [6.45, 7) is 2.48. The average Bonchev–Trinajstić information content (AvgIpc) is 2.71. The fourth-order valence-electron chi connectivity index (χ4n) is 3.15. The minimum absolute atomic E-state index is 0.205. The molecule has 2 heterocycles. The topological polar surface area (TPSA) is 82.6 Å². The summed E-state index contributed by atoms with van der Waals surface area (Å²) >= 11 is 5.79. The summed E-state index contributed by atoms with van der Waals surface area (Å²) in [4.78, 5) is 44.5. The van der Waals surface area contributed by atoms with E-state index in [1.165, 1.54) is 28.1 Å². The number of hydrogen-bond donors (Lipinski definition) is 1. The number of pyridine rings is 1. The van der Waals surface area contributed by atoms with Crippen molar-refractivity contribution < 1.29 is 18.8 Å². The highest BCUT2D eigenvalue weighted by Crippen LogP contribution is 2.17. The second-order valence-electron chi connectivity index (χ2n) is 6.63. The van der Waals surface area contributed by atoms with Gasteiger partial charge in [-0.15, -0.1) is 0 Å². The van der Waals surface area contributed by atoms with Gasteiger partial charge in [0.15, 0.2) is 0 Å². The summed E-state index contributed by atoms with van der Waals surface area (Å²) in [5, 5.41) is 3.08. The molecule has 29 heavy (non-hydrogen) atoms. The van der Waals surface area contributed by atoms with Gasteiger partial charge in [-0.2, -0.15) is 0 Å². The third kappa shape index (κ3) is 4.89. The van der Waals surface area contributed by atoms with Crippen LogP contribution in [0.15, 0.2) is 42.6 Å². The number of nitrogens with zero attached hydrogens (tertiary/aromatic N) is 3. The molecule has 0 spiro atoms. The maximum Gasteiger partial charge on any atom is 0.312 e. The van der Waals surface area contributed by atoms with Crippen LogP contribution in [-0.4, -0.2) is 51.6 Å². The Morgan fingerprint density at radius 2 is 1.90 bits per heavy atom. The third-order valence-electron chi connectivity index (χ3n) is 4.67. The summed E-state index contributed by atoms with van der Waals surface area (Å²) in [6.07, 6.45) is 1.75. The number of piperazine rings is 1. The van der Waals surface area contributed by atoms with Crippen molar-refractivity contribution in [2.24, 2.45) is 0 Å². The van der Waals surface area contributed by atoms with E-state index < -0.39 is 23.8 Å². The Kier molecular flexibility index (Phi) is 6.43. The monoisotopic (exact) mass is 418 g/mol. The molecule has 1 aromatic heterocycles. The lowest BCUT2D eigenvalue weighted by atomic mass is 10.1. The first-order valence-electron chi connectivity index (χ1n) is 9.15. The zero-order valence-corrected chi connectivity index (χ0v) is 16.5. The van der Waals surface area contributed by atoms with Crippen molar-refractivity contribution in [1.29, 1.82) is 0 Å². The van der Waals surface area contributed by atoms with Gasteiger partial charge in [-0.25, -0.2) is 9.37 Å². The molecule has 1 aliphatic rings. The van der Waals surface area contributed by atoms with Crippen LogP contribution in [0.3, 0.4) is 0 Å². The van der Waals surface area contributed by atoms with Crippen LogP contribution in [-0.2, 0) is 20.9 Å². The van der Waals surface area contributed by atoms with Gasteiger partial charge in [-0.1, -0.05) is 30.7 Å². The van der Waals surface area contributed by atoms with Crippen LogP contribution in [0.4, 0.5) is 10.2 Å². The number of nitrogens with one attached hydrogen (secondary N) is 1. The minimum atomic E-state index is -0.795. The Hall–Kier alpha value is -3.00. The molecule has 2 aromatic rings. The van der Waals surface area contributed by atoms with Crippen LogP contribution >= 0.6 is 11.6 Å². The van der Waals surface area contributed by atoms with Gasteiger partial charge in [0.05, 0.1) is 5.02 Å². The van der Waals surface area contributed by atoms with Crippen LogP contribution in [0.2, 0.25) is 5.02 Å². The van der Waals surface area contributed by atoms with Crippen LogP contribution in [0.5, 0.6) is 0 Å². The molecular formula is C20H20ClFN4O3. The SMILES string of the molecule is CC[C@H](C(=O)Nc1ccc(Cl)cn1)N1CCN(Cc2ccc(F)cc2)C(=O)C1=O. The molecule has 152 valence electrons. The van der Waals surface area contributed by atoms with Gasteiger partial charge in [0.2, 0.25) is 5.91 Å². The summed E-state index contributed by atoms with van der Waals surface area (Å²) in [5.74, 6) is -1.89. The number of carbonyl (C=O) groups excluding carboxylic acids is 3. The molecule has 0 bridgehead atoms. The normalized spacial score (nSPS) is 15.4. The fourth-order valence-corrected chi connectivity index (χ4v) is 3.27. The lowest BCUT2D eigenvalue weighted by Crippen LogP contribution is -2.59. The third-order valence-corrected chi connectivity index (χ3v) is 4.90. The number of benzene rings is 1. The maximum atomic E-state index is 13.0. The molecule has 0 radical (unpaired) electrons. The van der Waals surface area contributed by atoms with E-state index >= 15 is 0 Å². The van der Waals surface area contributed by atoms with Crippen LogP contribution < -0.4 is 5.32 Å². The van der Waals surface area contributed by atoms with Crippen molar-refractivity contribution >= 4 is 35.1 Å². The Morgan fingerprint density at radius 3 is 2.52 bits per heavy atom. The first-order chi connectivity index (χ1) is 13.9. The molecule has 1 saturated heterocycles. The average molecular weight is 419 g/mol. The molecule has 1 fully saturated rings. The highest BCUT2D eigenvalue weighted by molar-refractivity contribution is 6.36. The van der Waals surface area contributed by atoms with Crippen LogP contribution in [0, 0.1) is 5.82 Å². The van der Waals surface area contributed by atoms with E-state index in [9.17, 15) is 18.8 Å². The van der Waals surface area contributed by atoms with Crippen molar-refractivity contribution in [3.05, 3.63) is 59.0 Å². The molecule has 3 amide bonds. The number of amides is 3. The van der Waals surface area contributed by atoms with Gasteiger partial charge in [0.1, 0.15) is 17.7 Å². The smallest absolute Gasteiger partial charge is 0.312 e. The first-order valence-corrected chi connectivity index (χ1v) is 9.53. The summed E-state index contributed by atoms with van der Waals surface area (Å²) in [6, 6.07) is 8.10. The second-order valence-corrected chi connectivity index (χ2v) is 7.06. The van der Waals surface area contributed by atoms with E-state index in [0.29, 0.717) is 17.3 Å². The molecule has 1 aliphatic heterocycles. The lowest BCUT2D eigenvalue weighted by molar-refractivity contribution is -0.159. The van der Waals surface area contributed by atoms with E-state index in [1.54, 1.807) is 31.2 Å². The van der Waals surface area contributed by atoms with Gasteiger partial charge in [-0.3, -0.25) is 14.4 Å². The summed E-state index contributed by atoms with van der Waals surface area (Å²) < 4.78 is 13.0. The molecule has 9 heteroatoms. The van der Waals surface area contributed by atoms with Crippen molar-refractivity contribution in [2.45, 2.75) is 25.9 Å². The molecule has 0 unspecified atom stereocenters. The van der Waals surface area contributed by atoms with Crippen molar-refractivity contribution in [2.75, 3.05) is 18.4 Å². The van der Waals surface area contributed by atoms with Gasteiger partial charge < -0.3 is 15.1 Å². The number of aromatic nitrogens is 1. The van der Waals surface area contributed by atoms with E-state index in [0.717, 1.165) is 5.56 Å². The molecule has 3 rings (SSSR count). The highest BCUT2D eigenvalue weighted by Gasteiger charge is 2.38. The quantitative estimate of drug-likeness (QED) is 0.730.